The van der Waals surface area contributed by atoms with Gasteiger partial charge in [-0.2, -0.15) is 4.31 Å². The van der Waals surface area contributed by atoms with Gasteiger partial charge in [0.2, 0.25) is 10.0 Å². The first-order valence-electron chi connectivity index (χ1n) is 5.68. The number of carboxylic acids is 1. The lowest BCUT2D eigenvalue weighted by molar-refractivity contribution is -0.140. The van der Waals surface area contributed by atoms with Crippen LogP contribution in [-0.2, 0) is 14.8 Å². The molecule has 1 aromatic rings. The van der Waals surface area contributed by atoms with Crippen LogP contribution in [0.3, 0.4) is 0 Å². The number of hydrogen-bond acceptors (Lipinski definition) is 5. The van der Waals surface area contributed by atoms with Gasteiger partial charge in [0, 0.05) is 13.1 Å². The zero-order valence-corrected chi connectivity index (χ0v) is 12.5. The summed E-state index contributed by atoms with van der Waals surface area (Å²) in [5, 5.41) is 8.93. The van der Waals surface area contributed by atoms with Gasteiger partial charge in [-0.3, -0.25) is 4.79 Å². The minimum Gasteiger partial charge on any atom is -0.497 e. The molecule has 0 bridgehead atoms. The van der Waals surface area contributed by atoms with Crippen LogP contribution in [0.15, 0.2) is 23.1 Å². The predicted molar refractivity (Wildman–Crippen MR) is 71.6 cm³/mol. The van der Waals surface area contributed by atoms with Crippen molar-refractivity contribution in [2.75, 3.05) is 21.3 Å². The Hall–Kier alpha value is -1.80. The monoisotopic (exact) mass is 303 g/mol. The smallest absolute Gasteiger partial charge is 0.321 e. The molecule has 0 aliphatic rings. The number of rotatable bonds is 6. The average molecular weight is 303 g/mol. The third kappa shape index (κ3) is 3.02. The Balaban J connectivity index is 3.37. The van der Waals surface area contributed by atoms with Gasteiger partial charge in [-0.15, -0.1) is 0 Å². The van der Waals surface area contributed by atoms with Gasteiger partial charge in [-0.25, -0.2) is 8.42 Å². The molecule has 1 unspecified atom stereocenters. The van der Waals surface area contributed by atoms with E-state index in [0.29, 0.717) is 5.75 Å². The zero-order valence-electron chi connectivity index (χ0n) is 11.7. The second-order valence-electron chi connectivity index (χ2n) is 4.05. The van der Waals surface area contributed by atoms with Gasteiger partial charge in [0.25, 0.3) is 0 Å². The molecule has 112 valence electrons. The molecule has 7 nitrogen and oxygen atoms in total. The van der Waals surface area contributed by atoms with Gasteiger partial charge < -0.3 is 14.6 Å². The lowest BCUT2D eigenvalue weighted by atomic mass is 10.3. The number of hydrogen-bond donors (Lipinski definition) is 1. The Labute approximate surface area is 117 Å². The van der Waals surface area contributed by atoms with E-state index in [1.165, 1.54) is 40.3 Å². The highest BCUT2D eigenvalue weighted by molar-refractivity contribution is 7.89. The summed E-state index contributed by atoms with van der Waals surface area (Å²) < 4.78 is 35.7. The minimum absolute atomic E-state index is 0.121. The van der Waals surface area contributed by atoms with E-state index in [2.05, 4.69) is 0 Å². The quantitative estimate of drug-likeness (QED) is 0.835. The van der Waals surface area contributed by atoms with E-state index in [9.17, 15) is 13.2 Å². The number of methoxy groups -OCH3 is 2. The van der Waals surface area contributed by atoms with Crippen molar-refractivity contribution in [3.63, 3.8) is 0 Å². The number of carbonyl (C=O) groups is 1. The molecule has 0 saturated heterocycles. The molecule has 0 aliphatic carbocycles. The molecule has 0 aliphatic heterocycles. The first kappa shape index (κ1) is 16.3. The van der Waals surface area contributed by atoms with E-state index in [-0.39, 0.29) is 10.6 Å². The van der Waals surface area contributed by atoms with Crippen molar-refractivity contribution in [3.05, 3.63) is 18.2 Å². The summed E-state index contributed by atoms with van der Waals surface area (Å²) in [5.41, 5.74) is 0. The molecule has 0 fully saturated rings. The van der Waals surface area contributed by atoms with Crippen LogP contribution in [0.25, 0.3) is 0 Å². The molecule has 0 amide bonds. The molecule has 8 heteroatoms. The van der Waals surface area contributed by atoms with Crippen molar-refractivity contribution < 1.29 is 27.8 Å². The number of nitrogens with zero attached hydrogens (tertiary/aromatic N) is 1. The van der Waals surface area contributed by atoms with Crippen LogP contribution in [0.4, 0.5) is 0 Å². The molecule has 0 aromatic heterocycles. The van der Waals surface area contributed by atoms with Crippen LogP contribution in [0.2, 0.25) is 0 Å². The van der Waals surface area contributed by atoms with Crippen LogP contribution >= 0.6 is 0 Å². The molecule has 0 spiro atoms. The number of sulfonamides is 1. The van der Waals surface area contributed by atoms with E-state index in [1.807, 2.05) is 0 Å². The largest absolute Gasteiger partial charge is 0.497 e. The highest BCUT2D eigenvalue weighted by atomic mass is 32.2. The maximum Gasteiger partial charge on any atom is 0.321 e. The topological polar surface area (TPSA) is 93.1 Å². The fraction of sp³-hybridized carbons (Fsp3) is 0.417. The Morgan fingerprint density at radius 2 is 1.90 bits per heavy atom. The number of ether oxygens (including phenoxy) is 2. The Kier molecular flexibility index (Phi) is 4.96. The molecule has 0 saturated carbocycles. The number of likely N-dealkylation sites (N-methyl/N-ethyl adjacent to an activating group) is 1. The summed E-state index contributed by atoms with van der Waals surface area (Å²) in [7, 11) is -0.0703. The number of carboxylic acid groups (broad SMARTS) is 1. The van der Waals surface area contributed by atoms with Crippen molar-refractivity contribution in [3.8, 4) is 11.5 Å². The second kappa shape index (κ2) is 6.10. The average Bonchev–Trinajstić information content (AvgIpc) is 2.44. The van der Waals surface area contributed by atoms with Gasteiger partial charge in [0.05, 0.1) is 14.2 Å². The molecule has 1 aromatic carbocycles. The minimum atomic E-state index is -4.01. The molecular weight excluding hydrogens is 286 g/mol. The van der Waals surface area contributed by atoms with E-state index >= 15 is 0 Å². The Bertz CT molecular complexity index is 598. The first-order chi connectivity index (χ1) is 9.25. The van der Waals surface area contributed by atoms with Crippen LogP contribution in [0, 0.1) is 0 Å². The van der Waals surface area contributed by atoms with Crippen molar-refractivity contribution in [1.29, 1.82) is 0 Å². The van der Waals surface area contributed by atoms with E-state index < -0.39 is 22.0 Å². The van der Waals surface area contributed by atoms with Crippen molar-refractivity contribution >= 4 is 16.0 Å². The highest BCUT2D eigenvalue weighted by Crippen LogP contribution is 2.30. The highest BCUT2D eigenvalue weighted by Gasteiger charge is 2.32. The van der Waals surface area contributed by atoms with E-state index in [4.69, 9.17) is 14.6 Å². The molecule has 20 heavy (non-hydrogen) atoms. The third-order valence-electron chi connectivity index (χ3n) is 2.93. The van der Waals surface area contributed by atoms with Crippen molar-refractivity contribution in [1.82, 2.24) is 4.31 Å². The summed E-state index contributed by atoms with van der Waals surface area (Å²) >= 11 is 0. The molecular formula is C12H17NO6S. The van der Waals surface area contributed by atoms with Gasteiger partial charge >= 0.3 is 5.97 Å². The lowest BCUT2D eigenvalue weighted by Crippen LogP contribution is -2.40. The summed E-state index contributed by atoms with van der Waals surface area (Å²) in [5.74, 6) is -0.783. The summed E-state index contributed by atoms with van der Waals surface area (Å²) in [6.45, 7) is 1.28. The van der Waals surface area contributed by atoms with Gasteiger partial charge in [0.1, 0.15) is 22.4 Å². The zero-order chi connectivity index (χ0) is 15.5. The van der Waals surface area contributed by atoms with Gasteiger partial charge in [0.15, 0.2) is 0 Å². The summed E-state index contributed by atoms with van der Waals surface area (Å²) in [6.07, 6.45) is 0. The third-order valence-corrected chi connectivity index (χ3v) is 4.88. The molecule has 1 N–H and O–H groups in total. The maximum absolute atomic E-state index is 12.5. The van der Waals surface area contributed by atoms with E-state index in [1.54, 1.807) is 6.07 Å². The maximum atomic E-state index is 12.5. The normalized spacial score (nSPS) is 13.1. The van der Waals surface area contributed by atoms with Gasteiger partial charge in [-0.05, 0) is 19.1 Å². The fourth-order valence-electron chi connectivity index (χ4n) is 1.50. The summed E-state index contributed by atoms with van der Waals surface area (Å²) in [4.78, 5) is 10.8. The predicted octanol–water partition coefficient (Wildman–Crippen LogP) is 0.797. The summed E-state index contributed by atoms with van der Waals surface area (Å²) in [6, 6.07) is 3.10. The molecule has 0 radical (unpaired) electrons. The van der Waals surface area contributed by atoms with Crippen LogP contribution < -0.4 is 9.47 Å². The molecule has 1 atom stereocenters. The molecule has 1 rings (SSSR count). The van der Waals surface area contributed by atoms with Crippen LogP contribution in [0.1, 0.15) is 6.92 Å². The van der Waals surface area contributed by atoms with E-state index in [0.717, 1.165) is 4.31 Å². The standard InChI is InChI=1S/C12H17NO6S/c1-8(12(14)15)13(2)20(16,17)11-7-9(18-3)5-6-10(11)19-4/h5-8H,1-4H3,(H,14,15). The lowest BCUT2D eigenvalue weighted by Gasteiger charge is -2.22. The molecule has 0 heterocycles. The Morgan fingerprint density at radius 3 is 2.35 bits per heavy atom. The van der Waals surface area contributed by atoms with Crippen LogP contribution in [0.5, 0.6) is 11.5 Å². The number of aliphatic carboxylic acids is 1. The SMILES string of the molecule is COc1ccc(OC)c(S(=O)(=O)N(C)C(C)C(=O)O)c1. The van der Waals surface area contributed by atoms with Crippen molar-refractivity contribution in [2.24, 2.45) is 0 Å². The second-order valence-corrected chi connectivity index (χ2v) is 6.02. The van der Waals surface area contributed by atoms with Gasteiger partial charge in [-0.1, -0.05) is 0 Å². The van der Waals surface area contributed by atoms with Crippen LogP contribution in [-0.4, -0.2) is 51.1 Å². The first-order valence-corrected chi connectivity index (χ1v) is 7.12. The van der Waals surface area contributed by atoms with Crippen molar-refractivity contribution in [2.45, 2.75) is 17.9 Å². The Morgan fingerprint density at radius 1 is 1.30 bits per heavy atom. The number of benzene rings is 1. The fourth-order valence-corrected chi connectivity index (χ4v) is 2.99.